The number of nitrogens with zero attached hydrogens (tertiary/aromatic N) is 1. The average Bonchev–Trinajstić information content (AvgIpc) is 2.36. The topological polar surface area (TPSA) is 116 Å². The third-order valence-electron chi connectivity index (χ3n) is 2.39. The summed E-state index contributed by atoms with van der Waals surface area (Å²) in [5.74, 6) is -2.48. The molecule has 0 heterocycles. The molecule has 1 aromatic carbocycles. The molecule has 0 radical (unpaired) electrons. The van der Waals surface area contributed by atoms with E-state index in [1.54, 1.807) is 6.07 Å². The highest BCUT2D eigenvalue weighted by Crippen LogP contribution is 2.18. The number of carbonyl (C=O) groups is 2. The largest absolute Gasteiger partial charge is 0.481 e. The van der Waals surface area contributed by atoms with Crippen molar-refractivity contribution in [1.82, 2.24) is 0 Å². The molecule has 0 fully saturated rings. The van der Waals surface area contributed by atoms with Crippen molar-refractivity contribution in [2.45, 2.75) is 18.9 Å². The molecule has 1 rings (SSSR count). The van der Waals surface area contributed by atoms with E-state index in [0.717, 1.165) is 6.07 Å². The van der Waals surface area contributed by atoms with Crippen LogP contribution in [0.5, 0.6) is 0 Å². The first-order chi connectivity index (χ1) is 8.95. The van der Waals surface area contributed by atoms with Crippen LogP contribution in [0.2, 0.25) is 0 Å². The summed E-state index contributed by atoms with van der Waals surface area (Å²) in [5, 5.41) is 19.6. The predicted octanol–water partition coefficient (Wildman–Crippen LogP) is 0.828. The predicted molar refractivity (Wildman–Crippen MR) is 64.6 cm³/mol. The monoisotopic (exact) mass is 265 g/mol. The molecule has 0 saturated heterocycles. The Morgan fingerprint density at radius 1 is 1.53 bits per heavy atom. The number of rotatable bonds is 5. The van der Waals surface area contributed by atoms with Crippen molar-refractivity contribution in [3.8, 4) is 6.07 Å². The molecule has 4 N–H and O–H groups in total. The van der Waals surface area contributed by atoms with E-state index in [-0.39, 0.29) is 24.1 Å². The fraction of sp³-hybridized carbons (Fsp3) is 0.250. The lowest BCUT2D eigenvalue weighted by atomic mass is 10.1. The summed E-state index contributed by atoms with van der Waals surface area (Å²) in [7, 11) is 0. The van der Waals surface area contributed by atoms with Crippen LogP contribution in [0.4, 0.5) is 10.1 Å². The van der Waals surface area contributed by atoms with Gasteiger partial charge < -0.3 is 16.2 Å². The molecule has 0 aromatic heterocycles. The summed E-state index contributed by atoms with van der Waals surface area (Å²) >= 11 is 0. The van der Waals surface area contributed by atoms with E-state index < -0.39 is 23.7 Å². The van der Waals surface area contributed by atoms with Gasteiger partial charge in [-0.25, -0.2) is 4.39 Å². The van der Waals surface area contributed by atoms with Gasteiger partial charge in [-0.2, -0.15) is 5.26 Å². The van der Waals surface area contributed by atoms with Crippen molar-refractivity contribution in [1.29, 1.82) is 5.26 Å². The Morgan fingerprint density at radius 3 is 2.79 bits per heavy atom. The van der Waals surface area contributed by atoms with Gasteiger partial charge in [0.05, 0.1) is 11.7 Å². The minimum Gasteiger partial charge on any atom is -0.481 e. The molecule has 0 aliphatic heterocycles. The molecule has 6 nitrogen and oxygen atoms in total. The molecule has 7 heteroatoms. The van der Waals surface area contributed by atoms with Crippen LogP contribution in [0.25, 0.3) is 0 Å². The molecule has 19 heavy (non-hydrogen) atoms. The van der Waals surface area contributed by atoms with Crippen molar-refractivity contribution in [3.05, 3.63) is 29.6 Å². The second-order valence-corrected chi connectivity index (χ2v) is 3.80. The molecule has 0 spiro atoms. The number of hydrogen-bond acceptors (Lipinski definition) is 4. The molecular formula is C12H12FN3O3. The van der Waals surface area contributed by atoms with Gasteiger partial charge in [0.1, 0.15) is 17.4 Å². The third-order valence-corrected chi connectivity index (χ3v) is 2.39. The maximum Gasteiger partial charge on any atom is 0.303 e. The minimum absolute atomic E-state index is 0.0123. The van der Waals surface area contributed by atoms with Gasteiger partial charge in [-0.1, -0.05) is 6.07 Å². The maximum absolute atomic E-state index is 13.3. The zero-order valence-electron chi connectivity index (χ0n) is 9.89. The number of carboxylic acids is 1. The van der Waals surface area contributed by atoms with Crippen LogP contribution >= 0.6 is 0 Å². The van der Waals surface area contributed by atoms with Crippen molar-refractivity contribution in [3.63, 3.8) is 0 Å². The van der Waals surface area contributed by atoms with Crippen molar-refractivity contribution >= 4 is 17.6 Å². The Bertz CT molecular complexity index is 540. The number of hydrogen-bond donors (Lipinski definition) is 3. The van der Waals surface area contributed by atoms with Crippen molar-refractivity contribution in [2.75, 3.05) is 5.32 Å². The quantitative estimate of drug-likeness (QED) is 0.729. The highest BCUT2D eigenvalue weighted by atomic mass is 19.1. The van der Waals surface area contributed by atoms with Crippen LogP contribution in [-0.2, 0) is 9.59 Å². The van der Waals surface area contributed by atoms with Crippen molar-refractivity contribution in [2.24, 2.45) is 5.73 Å². The molecule has 1 unspecified atom stereocenters. The first-order valence-corrected chi connectivity index (χ1v) is 5.42. The van der Waals surface area contributed by atoms with Crippen molar-refractivity contribution < 1.29 is 19.1 Å². The maximum atomic E-state index is 13.3. The van der Waals surface area contributed by atoms with Gasteiger partial charge in [0.2, 0.25) is 5.91 Å². The molecule has 1 amide bonds. The fourth-order valence-electron chi connectivity index (χ4n) is 1.38. The number of aliphatic carboxylic acids is 1. The van der Waals surface area contributed by atoms with Gasteiger partial charge >= 0.3 is 5.97 Å². The summed E-state index contributed by atoms with van der Waals surface area (Å²) in [6.45, 7) is 0. The number of nitriles is 1. The molecule has 1 atom stereocenters. The Labute approximate surface area is 108 Å². The van der Waals surface area contributed by atoms with Crippen LogP contribution in [-0.4, -0.2) is 23.0 Å². The van der Waals surface area contributed by atoms with Crippen LogP contribution in [0.3, 0.4) is 0 Å². The number of carbonyl (C=O) groups excluding carboxylic acids is 1. The fourth-order valence-corrected chi connectivity index (χ4v) is 1.38. The number of nitrogens with one attached hydrogen (secondary N) is 1. The number of carboxylic acid groups (broad SMARTS) is 1. The zero-order valence-corrected chi connectivity index (χ0v) is 9.89. The summed E-state index contributed by atoms with van der Waals surface area (Å²) in [5.41, 5.74) is 5.21. The first kappa shape index (κ1) is 14.6. The number of amides is 1. The molecule has 100 valence electrons. The number of anilines is 1. The van der Waals surface area contributed by atoms with Crippen LogP contribution in [0.15, 0.2) is 18.2 Å². The molecule has 0 saturated carbocycles. The molecule has 0 aliphatic rings. The van der Waals surface area contributed by atoms with Gasteiger partial charge in [0, 0.05) is 6.42 Å². The molecule has 0 aliphatic carbocycles. The minimum atomic E-state index is -1.06. The Morgan fingerprint density at radius 2 is 2.21 bits per heavy atom. The van der Waals surface area contributed by atoms with E-state index in [0.29, 0.717) is 0 Å². The van der Waals surface area contributed by atoms with E-state index in [1.165, 1.54) is 12.1 Å². The summed E-state index contributed by atoms with van der Waals surface area (Å²) in [6, 6.07) is 4.40. The molecule has 1 aromatic rings. The Balaban J connectivity index is 2.75. The zero-order chi connectivity index (χ0) is 14.4. The number of nitrogens with two attached hydrogens (primary N) is 1. The lowest BCUT2D eigenvalue weighted by Gasteiger charge is -2.12. The summed E-state index contributed by atoms with van der Waals surface area (Å²) < 4.78 is 13.3. The average molecular weight is 265 g/mol. The van der Waals surface area contributed by atoms with Gasteiger partial charge in [-0.15, -0.1) is 0 Å². The number of benzene rings is 1. The van der Waals surface area contributed by atoms with Crippen LogP contribution < -0.4 is 11.1 Å². The highest BCUT2D eigenvalue weighted by Gasteiger charge is 2.17. The second-order valence-electron chi connectivity index (χ2n) is 3.80. The van der Waals surface area contributed by atoms with E-state index in [9.17, 15) is 14.0 Å². The van der Waals surface area contributed by atoms with Gasteiger partial charge in [0.15, 0.2) is 0 Å². The standard InChI is InChI=1S/C12H12FN3O3/c13-8-2-1-3-10(7(8)6-14)16-12(19)9(15)4-5-11(17)18/h1-3,9H,4-5,15H2,(H,16,19)(H,17,18). The third kappa shape index (κ3) is 4.04. The summed E-state index contributed by atoms with van der Waals surface area (Å²) in [4.78, 5) is 22.0. The Hall–Kier alpha value is -2.46. The normalized spacial score (nSPS) is 11.4. The summed E-state index contributed by atoms with van der Waals surface area (Å²) in [6.07, 6.45) is -0.290. The van der Waals surface area contributed by atoms with Crippen LogP contribution in [0, 0.1) is 17.1 Å². The lowest BCUT2D eigenvalue weighted by molar-refractivity contribution is -0.137. The molecule has 0 bridgehead atoms. The van der Waals surface area contributed by atoms with E-state index in [4.69, 9.17) is 16.1 Å². The van der Waals surface area contributed by atoms with Gasteiger partial charge in [-0.3, -0.25) is 9.59 Å². The Kier molecular flexibility index (Phi) is 4.97. The highest BCUT2D eigenvalue weighted by molar-refractivity contribution is 5.96. The van der Waals surface area contributed by atoms with E-state index in [1.807, 2.05) is 0 Å². The number of halogens is 1. The first-order valence-electron chi connectivity index (χ1n) is 5.42. The van der Waals surface area contributed by atoms with Gasteiger partial charge in [0.25, 0.3) is 0 Å². The van der Waals surface area contributed by atoms with E-state index in [2.05, 4.69) is 5.32 Å². The molecular weight excluding hydrogens is 253 g/mol. The second kappa shape index (κ2) is 6.47. The van der Waals surface area contributed by atoms with Crippen LogP contribution in [0.1, 0.15) is 18.4 Å². The van der Waals surface area contributed by atoms with Gasteiger partial charge in [-0.05, 0) is 18.6 Å². The SMILES string of the molecule is N#Cc1c(F)cccc1NC(=O)C(N)CCC(=O)O. The lowest BCUT2D eigenvalue weighted by Crippen LogP contribution is -2.36. The smallest absolute Gasteiger partial charge is 0.303 e. The van der Waals surface area contributed by atoms with E-state index >= 15 is 0 Å².